The van der Waals surface area contributed by atoms with Crippen LogP contribution in [0.3, 0.4) is 0 Å². The van der Waals surface area contributed by atoms with Gasteiger partial charge in [0.1, 0.15) is 5.60 Å². The summed E-state index contributed by atoms with van der Waals surface area (Å²) < 4.78 is 5.46. The van der Waals surface area contributed by atoms with Gasteiger partial charge in [-0.3, -0.25) is 4.90 Å². The minimum absolute atomic E-state index is 0.309. The van der Waals surface area contributed by atoms with Crippen molar-refractivity contribution in [1.82, 2.24) is 15.1 Å². The van der Waals surface area contributed by atoms with Gasteiger partial charge in [0.05, 0.1) is 0 Å². The Hall–Kier alpha value is -1.59. The van der Waals surface area contributed by atoms with Crippen LogP contribution in [-0.2, 0) is 4.74 Å². The molecule has 1 rings (SSSR count). The van der Waals surface area contributed by atoms with E-state index in [9.17, 15) is 4.79 Å². The van der Waals surface area contributed by atoms with E-state index in [1.807, 2.05) is 33.8 Å². The van der Waals surface area contributed by atoms with Gasteiger partial charge in [0.15, 0.2) is 0 Å². The number of allylic oxidation sites excluding steroid dienone is 1. The van der Waals surface area contributed by atoms with Crippen LogP contribution >= 0.6 is 0 Å². The maximum Gasteiger partial charge on any atom is 0.410 e. The Labute approximate surface area is 159 Å². The van der Waals surface area contributed by atoms with E-state index >= 15 is 0 Å². The van der Waals surface area contributed by atoms with E-state index in [0.29, 0.717) is 6.54 Å². The van der Waals surface area contributed by atoms with Crippen molar-refractivity contribution in [1.29, 1.82) is 0 Å². The van der Waals surface area contributed by atoms with Crippen molar-refractivity contribution in [2.75, 3.05) is 46.3 Å². The van der Waals surface area contributed by atoms with Gasteiger partial charge < -0.3 is 15.0 Å². The first-order chi connectivity index (χ1) is 12.1. The zero-order valence-electron chi connectivity index (χ0n) is 17.5. The summed E-state index contributed by atoms with van der Waals surface area (Å²) in [5, 5.41) is 3.43. The standard InChI is InChI=1S/C21H37N3O2/c1-8-10-19(16-23(7)20(25)26-21(4,5)6)18(3)17(2)15-24-13-9-11-22-12-14-24/h8,10,22H,2,9,11-16H2,1,3-7H3/b10-8-,19-18+. The minimum atomic E-state index is -0.491. The highest BCUT2D eigenvalue weighted by Gasteiger charge is 2.20. The minimum Gasteiger partial charge on any atom is -0.444 e. The lowest BCUT2D eigenvalue weighted by atomic mass is 10.0. The molecule has 0 spiro atoms. The molecule has 1 amide bonds. The van der Waals surface area contributed by atoms with Crippen LogP contribution in [0.1, 0.15) is 41.0 Å². The van der Waals surface area contributed by atoms with E-state index < -0.39 is 5.60 Å². The van der Waals surface area contributed by atoms with Crippen LogP contribution < -0.4 is 5.32 Å². The fourth-order valence-corrected chi connectivity index (χ4v) is 2.83. The number of likely N-dealkylation sites (N-methyl/N-ethyl adjacent to an activating group) is 1. The number of nitrogens with one attached hydrogen (secondary N) is 1. The molecule has 26 heavy (non-hydrogen) atoms. The zero-order valence-corrected chi connectivity index (χ0v) is 17.5. The molecule has 1 N–H and O–H groups in total. The van der Waals surface area contributed by atoms with Crippen molar-refractivity contribution in [2.24, 2.45) is 0 Å². The van der Waals surface area contributed by atoms with Gasteiger partial charge in [0.2, 0.25) is 0 Å². The molecule has 0 aliphatic carbocycles. The number of rotatable bonds is 6. The van der Waals surface area contributed by atoms with Gasteiger partial charge >= 0.3 is 6.09 Å². The first-order valence-electron chi connectivity index (χ1n) is 9.52. The van der Waals surface area contributed by atoms with E-state index in [0.717, 1.165) is 49.4 Å². The molecule has 1 aliphatic heterocycles. The molecule has 0 atom stereocenters. The second-order valence-corrected chi connectivity index (χ2v) is 7.97. The lowest BCUT2D eigenvalue weighted by Gasteiger charge is -2.26. The number of amides is 1. The maximum atomic E-state index is 12.3. The first-order valence-corrected chi connectivity index (χ1v) is 9.52. The van der Waals surface area contributed by atoms with Gasteiger partial charge in [0, 0.05) is 33.2 Å². The van der Waals surface area contributed by atoms with Crippen molar-refractivity contribution in [3.63, 3.8) is 0 Å². The third kappa shape index (κ3) is 8.19. The molecule has 0 aromatic carbocycles. The topological polar surface area (TPSA) is 44.8 Å². The number of nitrogens with zero attached hydrogens (tertiary/aromatic N) is 2. The number of hydrogen-bond acceptors (Lipinski definition) is 4. The molecule has 0 radical (unpaired) electrons. The molecular formula is C21H37N3O2. The van der Waals surface area contributed by atoms with Gasteiger partial charge in [-0.2, -0.15) is 0 Å². The van der Waals surface area contributed by atoms with Crippen LogP contribution in [0, 0.1) is 0 Å². The molecule has 0 saturated carbocycles. The van der Waals surface area contributed by atoms with Crippen LogP contribution in [-0.4, -0.2) is 67.8 Å². The van der Waals surface area contributed by atoms with E-state index in [1.54, 1.807) is 11.9 Å². The van der Waals surface area contributed by atoms with Crippen molar-refractivity contribution >= 4 is 6.09 Å². The smallest absolute Gasteiger partial charge is 0.410 e. The average Bonchev–Trinajstić information content (AvgIpc) is 2.80. The Bertz CT molecular complexity index is 536. The highest BCUT2D eigenvalue weighted by molar-refractivity contribution is 5.68. The van der Waals surface area contributed by atoms with E-state index in [-0.39, 0.29) is 6.09 Å². The lowest BCUT2D eigenvalue weighted by Crippen LogP contribution is -2.35. The number of carbonyl (C=O) groups excluding carboxylic acids is 1. The van der Waals surface area contributed by atoms with Crippen molar-refractivity contribution < 1.29 is 9.53 Å². The van der Waals surface area contributed by atoms with Crippen molar-refractivity contribution in [2.45, 2.75) is 46.6 Å². The number of carbonyl (C=O) groups is 1. The summed E-state index contributed by atoms with van der Waals surface area (Å²) in [4.78, 5) is 16.3. The predicted octanol–water partition coefficient (Wildman–Crippen LogP) is 3.60. The van der Waals surface area contributed by atoms with Crippen LogP contribution in [0.15, 0.2) is 35.5 Å². The molecule has 0 aromatic rings. The Morgan fingerprint density at radius 1 is 1.31 bits per heavy atom. The summed E-state index contributed by atoms with van der Waals surface area (Å²) in [7, 11) is 1.77. The molecule has 5 nitrogen and oxygen atoms in total. The normalized spacial score (nSPS) is 17.6. The SMILES string of the molecule is C=C(CN1CCCNCC1)/C(C)=C(\C=C/C)CN(C)C(=O)OC(C)(C)C. The fourth-order valence-electron chi connectivity index (χ4n) is 2.83. The first kappa shape index (κ1) is 22.5. The quantitative estimate of drug-likeness (QED) is 0.733. The lowest BCUT2D eigenvalue weighted by molar-refractivity contribution is 0.0314. The van der Waals surface area contributed by atoms with E-state index in [4.69, 9.17) is 4.74 Å². The maximum absolute atomic E-state index is 12.3. The van der Waals surface area contributed by atoms with Crippen molar-refractivity contribution in [3.05, 3.63) is 35.5 Å². The van der Waals surface area contributed by atoms with E-state index in [2.05, 4.69) is 29.8 Å². The van der Waals surface area contributed by atoms with Crippen LogP contribution in [0.5, 0.6) is 0 Å². The molecule has 1 saturated heterocycles. The second kappa shape index (κ2) is 10.5. The third-order valence-electron chi connectivity index (χ3n) is 4.34. The molecule has 1 fully saturated rings. The zero-order chi connectivity index (χ0) is 19.7. The monoisotopic (exact) mass is 363 g/mol. The number of ether oxygens (including phenoxy) is 1. The van der Waals surface area contributed by atoms with Gasteiger partial charge in [-0.1, -0.05) is 18.7 Å². The highest BCUT2D eigenvalue weighted by Crippen LogP contribution is 2.18. The summed E-state index contributed by atoms with van der Waals surface area (Å²) in [5.74, 6) is 0. The summed E-state index contributed by atoms with van der Waals surface area (Å²) in [5.41, 5.74) is 2.86. The molecule has 0 bridgehead atoms. The molecule has 0 aromatic heterocycles. The molecular weight excluding hydrogens is 326 g/mol. The van der Waals surface area contributed by atoms with Gasteiger partial charge in [-0.15, -0.1) is 0 Å². The van der Waals surface area contributed by atoms with Gasteiger partial charge in [0.25, 0.3) is 0 Å². The van der Waals surface area contributed by atoms with Crippen LogP contribution in [0.4, 0.5) is 4.79 Å². The van der Waals surface area contributed by atoms with Crippen LogP contribution in [0.25, 0.3) is 0 Å². The third-order valence-corrected chi connectivity index (χ3v) is 4.34. The summed E-state index contributed by atoms with van der Waals surface area (Å²) >= 11 is 0. The second-order valence-electron chi connectivity index (χ2n) is 7.97. The molecule has 5 heteroatoms. The molecule has 1 heterocycles. The molecule has 1 aliphatic rings. The van der Waals surface area contributed by atoms with Gasteiger partial charge in [-0.25, -0.2) is 4.79 Å². The van der Waals surface area contributed by atoms with Crippen LogP contribution in [0.2, 0.25) is 0 Å². The highest BCUT2D eigenvalue weighted by atomic mass is 16.6. The predicted molar refractivity (Wildman–Crippen MR) is 109 cm³/mol. The Balaban J connectivity index is 2.80. The average molecular weight is 364 g/mol. The van der Waals surface area contributed by atoms with Gasteiger partial charge in [-0.05, 0) is 70.8 Å². The molecule has 148 valence electrons. The summed E-state index contributed by atoms with van der Waals surface area (Å²) in [6, 6.07) is 0. The largest absolute Gasteiger partial charge is 0.444 e. The van der Waals surface area contributed by atoms with E-state index in [1.165, 1.54) is 6.42 Å². The number of hydrogen-bond donors (Lipinski definition) is 1. The van der Waals surface area contributed by atoms with Crippen molar-refractivity contribution in [3.8, 4) is 0 Å². The Morgan fingerprint density at radius 3 is 2.62 bits per heavy atom. The summed E-state index contributed by atoms with van der Waals surface area (Å²) in [6.07, 6.45) is 4.92. The molecule has 0 unspecified atom stereocenters. The Morgan fingerprint density at radius 2 is 2.00 bits per heavy atom. The Kier molecular flexibility index (Phi) is 9.09. The summed E-state index contributed by atoms with van der Waals surface area (Å²) in [6.45, 7) is 19.7. The fraction of sp³-hybridized carbons (Fsp3) is 0.667.